The molecule has 2 aliphatic heterocycles. The predicted octanol–water partition coefficient (Wildman–Crippen LogP) is 8.99. The first-order valence-corrected chi connectivity index (χ1v) is 23.9. The molecule has 0 aromatic heterocycles. The van der Waals surface area contributed by atoms with Crippen LogP contribution in [0.4, 0.5) is 11.4 Å². The number of anilines is 2. The van der Waals surface area contributed by atoms with Crippen molar-refractivity contribution in [3.63, 3.8) is 0 Å². The Hall–Kier alpha value is -5.66. The Morgan fingerprint density at radius 3 is 1.57 bits per heavy atom. The zero-order chi connectivity index (χ0) is 42.2. The van der Waals surface area contributed by atoms with Crippen molar-refractivity contribution in [2.75, 3.05) is 22.5 Å². The summed E-state index contributed by atoms with van der Waals surface area (Å²) in [6, 6.07) is 47.4. The normalized spacial score (nSPS) is 18.4. The maximum absolute atomic E-state index is 12.6. The molecule has 0 bridgehead atoms. The van der Waals surface area contributed by atoms with Gasteiger partial charge in [-0.15, -0.1) is 0 Å². The second kappa shape index (κ2) is 18.9. The molecule has 6 aromatic rings. The van der Waals surface area contributed by atoms with Crippen molar-refractivity contribution >= 4 is 31.4 Å². The van der Waals surface area contributed by atoms with E-state index < -0.39 is 20.0 Å². The molecule has 6 aromatic carbocycles. The van der Waals surface area contributed by atoms with Gasteiger partial charge in [0.1, 0.15) is 23.7 Å². The van der Waals surface area contributed by atoms with E-state index in [0.717, 1.165) is 74.2 Å². The summed E-state index contributed by atoms with van der Waals surface area (Å²) < 4.78 is 68.1. The maximum atomic E-state index is 12.6. The number of hydrogen-bond acceptors (Lipinski definition) is 8. The van der Waals surface area contributed by atoms with Crippen LogP contribution in [-0.2, 0) is 39.3 Å². The van der Waals surface area contributed by atoms with E-state index in [1.165, 1.54) is 16.7 Å². The molecule has 0 saturated carbocycles. The van der Waals surface area contributed by atoms with Crippen LogP contribution in [-0.4, -0.2) is 42.1 Å². The Morgan fingerprint density at radius 2 is 1.02 bits per heavy atom. The van der Waals surface area contributed by atoms with E-state index in [1.807, 2.05) is 30.3 Å². The first-order valence-electron chi connectivity index (χ1n) is 20.9. The van der Waals surface area contributed by atoms with E-state index in [9.17, 15) is 16.8 Å². The van der Waals surface area contributed by atoms with Crippen molar-refractivity contribution in [2.45, 2.75) is 79.5 Å². The minimum atomic E-state index is -3.62. The van der Waals surface area contributed by atoms with Gasteiger partial charge in [0.15, 0.2) is 0 Å². The highest BCUT2D eigenvalue weighted by Gasteiger charge is 2.26. The lowest BCUT2D eigenvalue weighted by atomic mass is 10.0. The lowest BCUT2D eigenvalue weighted by Crippen LogP contribution is -2.35. The van der Waals surface area contributed by atoms with Crippen molar-refractivity contribution in [3.8, 4) is 11.5 Å². The summed E-state index contributed by atoms with van der Waals surface area (Å²) in [6.07, 6.45) is 6.06. The fourth-order valence-electron chi connectivity index (χ4n) is 8.10. The van der Waals surface area contributed by atoms with Crippen LogP contribution in [0.5, 0.6) is 11.5 Å². The second-order valence-electron chi connectivity index (χ2n) is 15.8. The van der Waals surface area contributed by atoms with Gasteiger partial charge in [0.25, 0.3) is 20.0 Å². The van der Waals surface area contributed by atoms with E-state index in [-0.39, 0.29) is 28.0 Å². The van der Waals surface area contributed by atoms with Crippen LogP contribution in [0.1, 0.15) is 66.1 Å². The van der Waals surface area contributed by atoms with Crippen LogP contribution in [0.3, 0.4) is 0 Å². The molecule has 0 radical (unpaired) electrons. The van der Waals surface area contributed by atoms with Gasteiger partial charge in [-0.3, -0.25) is 9.44 Å². The Bertz CT molecular complexity index is 2630. The predicted molar refractivity (Wildman–Crippen MR) is 241 cm³/mol. The highest BCUT2D eigenvalue weighted by molar-refractivity contribution is 7.93. The smallest absolute Gasteiger partial charge is 0.261 e. The third-order valence-corrected chi connectivity index (χ3v) is 14.3. The molecule has 61 heavy (non-hydrogen) atoms. The second-order valence-corrected chi connectivity index (χ2v) is 19.1. The largest absolute Gasteiger partial charge is 0.489 e. The van der Waals surface area contributed by atoms with Gasteiger partial charge in [-0.05, 0) is 110 Å². The minimum absolute atomic E-state index is 0.0460. The molecular weight excluding hydrogens is 805 g/mol. The van der Waals surface area contributed by atoms with Crippen LogP contribution in [0.25, 0.3) is 0 Å². The van der Waals surface area contributed by atoms with Crippen molar-refractivity contribution in [1.29, 1.82) is 0 Å². The molecule has 10 nitrogen and oxygen atoms in total. The number of sulfonamides is 2. The SMILES string of the molecule is C[C@H](NCC1CCc2ccc(NS(=O)(=O)c3ccccc3)cc2O1)c1ccccc1.O=S(=O)(Nc1ccc2c(c1)OC(CNC1CCc3ccccc31)CC2)c1ccccc1. The quantitative estimate of drug-likeness (QED) is 0.0905. The molecule has 1 aliphatic carbocycles. The van der Waals surface area contributed by atoms with Crippen LogP contribution < -0.4 is 29.6 Å². The Balaban J connectivity index is 0.000000169. The maximum Gasteiger partial charge on any atom is 0.261 e. The van der Waals surface area contributed by atoms with Gasteiger partial charge in [0.2, 0.25) is 0 Å². The van der Waals surface area contributed by atoms with E-state index in [0.29, 0.717) is 17.4 Å². The molecule has 0 spiro atoms. The third-order valence-electron chi connectivity index (χ3n) is 11.5. The van der Waals surface area contributed by atoms with E-state index in [1.54, 1.807) is 84.9 Å². The van der Waals surface area contributed by atoms with Crippen molar-refractivity contribution < 1.29 is 26.3 Å². The molecular formula is C49H52N4O6S2. The summed E-state index contributed by atoms with van der Waals surface area (Å²) >= 11 is 0. The van der Waals surface area contributed by atoms with E-state index in [4.69, 9.17) is 9.47 Å². The number of fused-ring (bicyclic) bond motifs is 3. The van der Waals surface area contributed by atoms with Gasteiger partial charge in [0.05, 0.1) is 21.2 Å². The molecule has 3 aliphatic rings. The highest BCUT2D eigenvalue weighted by Crippen LogP contribution is 2.34. The highest BCUT2D eigenvalue weighted by atomic mass is 32.2. The van der Waals surface area contributed by atoms with Crippen LogP contribution >= 0.6 is 0 Å². The molecule has 3 unspecified atom stereocenters. The van der Waals surface area contributed by atoms with Gasteiger partial charge in [-0.25, -0.2) is 16.8 Å². The number of rotatable bonds is 13. The summed E-state index contributed by atoms with van der Waals surface area (Å²) in [4.78, 5) is 0.480. The van der Waals surface area contributed by atoms with Crippen molar-refractivity contribution in [3.05, 3.63) is 179 Å². The third kappa shape index (κ3) is 10.6. The summed E-state index contributed by atoms with van der Waals surface area (Å²) in [7, 11) is -7.24. The van der Waals surface area contributed by atoms with Crippen LogP contribution in [0.2, 0.25) is 0 Å². The average Bonchev–Trinajstić information content (AvgIpc) is 3.71. The topological polar surface area (TPSA) is 135 Å². The molecule has 316 valence electrons. The standard InChI is InChI=1S/C25H26N2O3S.C24H26N2O3S/c28-31(29,22-7-2-1-3-8-22)27-20-13-10-19-11-14-21(30-25(19)16-20)17-26-24-15-12-18-6-4-5-9-23(18)24;1-18(19-8-4-2-5-9-19)25-17-22-15-13-20-12-14-21(16-24(20)29-22)26-30(27,28)23-10-6-3-7-11-23/h1-10,13,16,21,24,26-27H,11-12,14-15,17H2;2-12,14,16,18,22,25-26H,13,15,17H2,1H3/t;18-,22?/m.0/s1. The number of nitrogens with one attached hydrogen (secondary N) is 4. The Morgan fingerprint density at radius 1 is 0.541 bits per heavy atom. The summed E-state index contributed by atoms with van der Waals surface area (Å²) in [5.41, 5.74) is 7.31. The molecule has 0 amide bonds. The zero-order valence-electron chi connectivity index (χ0n) is 34.2. The average molecular weight is 857 g/mol. The summed E-state index contributed by atoms with van der Waals surface area (Å²) in [5.74, 6) is 1.51. The Labute approximate surface area is 359 Å². The minimum Gasteiger partial charge on any atom is -0.489 e. The lowest BCUT2D eigenvalue weighted by Gasteiger charge is -2.28. The number of benzene rings is 6. The summed E-state index contributed by atoms with van der Waals surface area (Å²) in [6.45, 7) is 3.65. The Kier molecular flexibility index (Phi) is 13.1. The van der Waals surface area contributed by atoms with Gasteiger partial charge in [0, 0.05) is 37.3 Å². The van der Waals surface area contributed by atoms with Crippen molar-refractivity contribution in [2.24, 2.45) is 0 Å². The first kappa shape index (κ1) is 42.0. The number of hydrogen-bond donors (Lipinski definition) is 4. The monoisotopic (exact) mass is 856 g/mol. The van der Waals surface area contributed by atoms with Gasteiger partial charge in [-0.1, -0.05) is 103 Å². The van der Waals surface area contributed by atoms with Gasteiger partial charge in [-0.2, -0.15) is 0 Å². The summed E-state index contributed by atoms with van der Waals surface area (Å²) in [5, 5.41) is 7.21. The molecule has 4 atom stereocenters. The van der Waals surface area contributed by atoms with Crippen LogP contribution in [0.15, 0.2) is 161 Å². The number of ether oxygens (including phenoxy) is 2. The fraction of sp³-hybridized carbons (Fsp3) is 0.265. The van der Waals surface area contributed by atoms with E-state index in [2.05, 4.69) is 63.4 Å². The van der Waals surface area contributed by atoms with Gasteiger partial charge < -0.3 is 20.1 Å². The zero-order valence-corrected chi connectivity index (χ0v) is 35.8. The number of aryl methyl sites for hydroxylation is 3. The molecule has 0 saturated heterocycles. The molecule has 0 fully saturated rings. The fourth-order valence-corrected chi connectivity index (χ4v) is 10.2. The van der Waals surface area contributed by atoms with Crippen LogP contribution in [0, 0.1) is 0 Å². The van der Waals surface area contributed by atoms with Gasteiger partial charge >= 0.3 is 0 Å². The molecule has 2 heterocycles. The van der Waals surface area contributed by atoms with E-state index >= 15 is 0 Å². The van der Waals surface area contributed by atoms with Crippen molar-refractivity contribution in [1.82, 2.24) is 10.6 Å². The lowest BCUT2D eigenvalue weighted by molar-refractivity contribution is 0.166. The molecule has 12 heteroatoms. The first-order chi connectivity index (χ1) is 29.6. The molecule has 9 rings (SSSR count). The molecule has 4 N–H and O–H groups in total.